The molecule has 0 heterocycles. The summed E-state index contributed by atoms with van der Waals surface area (Å²) in [6.07, 6.45) is 0.786. The Morgan fingerprint density at radius 1 is 1.39 bits per heavy atom. The van der Waals surface area contributed by atoms with Gasteiger partial charge in [-0.25, -0.2) is 4.57 Å². The second-order valence-corrected chi connectivity index (χ2v) is 9.03. The fraction of sp³-hybridized carbons (Fsp3) is 1.00. The number of hydrogen-bond donors (Lipinski definition) is 1. The summed E-state index contributed by atoms with van der Waals surface area (Å²) in [5.74, 6) is 0.716. The SMILES string of the molecule is CCC(C)(C)OP(=O)(OCNC)SCCN(C)C. The minimum absolute atomic E-state index is 0.228. The van der Waals surface area contributed by atoms with E-state index >= 15 is 0 Å². The molecule has 0 saturated heterocycles. The number of nitrogens with one attached hydrogen (secondary N) is 1. The van der Waals surface area contributed by atoms with Crippen LogP contribution in [-0.2, 0) is 13.6 Å². The third-order valence-electron chi connectivity index (χ3n) is 2.37. The lowest BCUT2D eigenvalue weighted by molar-refractivity contribution is 0.0820. The van der Waals surface area contributed by atoms with E-state index < -0.39 is 12.4 Å². The van der Waals surface area contributed by atoms with E-state index in [0.717, 1.165) is 13.0 Å². The van der Waals surface area contributed by atoms with Crippen LogP contribution >= 0.6 is 18.2 Å². The van der Waals surface area contributed by atoms with E-state index in [-0.39, 0.29) is 6.73 Å². The van der Waals surface area contributed by atoms with Crippen LogP contribution in [0.25, 0.3) is 0 Å². The lowest BCUT2D eigenvalue weighted by Crippen LogP contribution is -2.23. The third-order valence-corrected chi connectivity index (χ3v) is 6.25. The first-order valence-electron chi connectivity index (χ1n) is 6.14. The van der Waals surface area contributed by atoms with E-state index in [4.69, 9.17) is 9.05 Å². The van der Waals surface area contributed by atoms with Crippen molar-refractivity contribution < 1.29 is 13.6 Å². The molecule has 0 aromatic rings. The topological polar surface area (TPSA) is 50.8 Å². The fourth-order valence-electron chi connectivity index (χ4n) is 0.936. The number of rotatable bonds is 10. The maximum atomic E-state index is 12.6. The molecule has 0 aliphatic rings. The lowest BCUT2D eigenvalue weighted by atomic mass is 10.1. The van der Waals surface area contributed by atoms with Gasteiger partial charge in [-0.05, 0) is 52.8 Å². The van der Waals surface area contributed by atoms with E-state index in [1.807, 2.05) is 39.8 Å². The molecule has 5 nitrogen and oxygen atoms in total. The van der Waals surface area contributed by atoms with Crippen LogP contribution in [0.5, 0.6) is 0 Å². The molecule has 0 aliphatic carbocycles. The van der Waals surface area contributed by atoms with Crippen LogP contribution in [0.2, 0.25) is 0 Å². The largest absolute Gasteiger partial charge is 0.390 e. The van der Waals surface area contributed by atoms with Gasteiger partial charge in [-0.15, -0.1) is 0 Å². The standard InChI is InChI=1S/C11H27N2O3PS/c1-7-11(2,3)16-17(14,15-10-12-4)18-9-8-13(5)6/h12H,7-10H2,1-6H3. The maximum Gasteiger partial charge on any atom is 0.390 e. The minimum Gasteiger partial charge on any atom is -0.309 e. The molecule has 0 spiro atoms. The Balaban J connectivity index is 4.47. The molecule has 0 radical (unpaired) electrons. The summed E-state index contributed by atoms with van der Waals surface area (Å²) in [5, 5.41) is 2.83. The smallest absolute Gasteiger partial charge is 0.309 e. The molecule has 110 valence electrons. The quantitative estimate of drug-likeness (QED) is 0.494. The molecule has 1 unspecified atom stereocenters. The third kappa shape index (κ3) is 8.51. The van der Waals surface area contributed by atoms with Crippen LogP contribution in [-0.4, -0.2) is 50.7 Å². The Kier molecular flexibility index (Phi) is 8.76. The van der Waals surface area contributed by atoms with Crippen molar-refractivity contribution in [3.05, 3.63) is 0 Å². The van der Waals surface area contributed by atoms with E-state index in [1.165, 1.54) is 11.4 Å². The number of hydrogen-bond acceptors (Lipinski definition) is 6. The summed E-state index contributed by atoms with van der Waals surface area (Å²) in [5.41, 5.74) is -0.436. The highest BCUT2D eigenvalue weighted by Gasteiger charge is 2.33. The Bertz CT molecular complexity index is 275. The molecule has 1 atom stereocenters. The Morgan fingerprint density at radius 3 is 2.44 bits per heavy atom. The summed E-state index contributed by atoms with van der Waals surface area (Å²) >= 11 is 1.26. The van der Waals surface area contributed by atoms with Crippen molar-refractivity contribution in [3.8, 4) is 0 Å². The van der Waals surface area contributed by atoms with Crippen LogP contribution in [0.4, 0.5) is 0 Å². The van der Waals surface area contributed by atoms with Crippen molar-refractivity contribution in [2.24, 2.45) is 0 Å². The van der Waals surface area contributed by atoms with Crippen LogP contribution in [0.15, 0.2) is 0 Å². The van der Waals surface area contributed by atoms with Gasteiger partial charge >= 0.3 is 6.80 Å². The monoisotopic (exact) mass is 298 g/mol. The Hall–Kier alpha value is 0.420. The molecule has 0 amide bonds. The molecule has 0 saturated carbocycles. The molecule has 18 heavy (non-hydrogen) atoms. The molecule has 0 aromatic heterocycles. The summed E-state index contributed by atoms with van der Waals surface area (Å²) < 4.78 is 23.6. The van der Waals surface area contributed by atoms with E-state index in [0.29, 0.717) is 5.75 Å². The van der Waals surface area contributed by atoms with Crippen molar-refractivity contribution >= 4 is 18.2 Å². The highest BCUT2D eigenvalue weighted by atomic mass is 32.7. The molecule has 0 fully saturated rings. The van der Waals surface area contributed by atoms with Crippen molar-refractivity contribution in [2.45, 2.75) is 32.8 Å². The van der Waals surface area contributed by atoms with Gasteiger partial charge in [0.25, 0.3) is 0 Å². The van der Waals surface area contributed by atoms with E-state index in [2.05, 4.69) is 5.32 Å². The van der Waals surface area contributed by atoms with Gasteiger partial charge in [-0.1, -0.05) is 6.92 Å². The maximum absolute atomic E-state index is 12.6. The Labute approximate surface area is 115 Å². The fourth-order valence-corrected chi connectivity index (χ4v) is 4.87. The normalized spacial score (nSPS) is 15.9. The van der Waals surface area contributed by atoms with E-state index in [1.54, 1.807) is 7.05 Å². The molecule has 0 rings (SSSR count). The van der Waals surface area contributed by atoms with Crippen LogP contribution < -0.4 is 5.32 Å². The zero-order valence-electron chi connectivity index (χ0n) is 12.4. The number of nitrogens with zero attached hydrogens (tertiary/aromatic N) is 1. The van der Waals surface area contributed by atoms with Crippen LogP contribution in [0.1, 0.15) is 27.2 Å². The van der Waals surface area contributed by atoms with E-state index in [9.17, 15) is 4.57 Å². The predicted molar refractivity (Wildman–Crippen MR) is 79.1 cm³/mol. The molecule has 0 aromatic carbocycles. The summed E-state index contributed by atoms with van der Waals surface area (Å²) in [4.78, 5) is 2.04. The second kappa shape index (κ2) is 8.56. The highest BCUT2D eigenvalue weighted by Crippen LogP contribution is 2.62. The lowest BCUT2D eigenvalue weighted by Gasteiger charge is -2.28. The van der Waals surface area contributed by atoms with Gasteiger partial charge in [0, 0.05) is 12.3 Å². The average molecular weight is 298 g/mol. The van der Waals surface area contributed by atoms with Gasteiger partial charge in [0.15, 0.2) is 0 Å². The van der Waals surface area contributed by atoms with Gasteiger partial charge in [-0.3, -0.25) is 14.4 Å². The van der Waals surface area contributed by atoms with Crippen LogP contribution in [0.3, 0.4) is 0 Å². The molecular weight excluding hydrogens is 271 g/mol. The molecule has 0 bridgehead atoms. The van der Waals surface area contributed by atoms with Crippen molar-refractivity contribution in [1.29, 1.82) is 0 Å². The highest BCUT2D eigenvalue weighted by molar-refractivity contribution is 8.55. The predicted octanol–water partition coefficient (Wildman–Crippen LogP) is 2.79. The Morgan fingerprint density at radius 2 is 2.00 bits per heavy atom. The summed E-state index contributed by atoms with van der Waals surface area (Å²) in [6.45, 7) is 3.82. The van der Waals surface area contributed by atoms with Gasteiger partial charge in [0.2, 0.25) is 0 Å². The minimum atomic E-state index is -3.10. The summed E-state index contributed by atoms with van der Waals surface area (Å²) in [6, 6.07) is 0. The molecule has 1 N–H and O–H groups in total. The van der Waals surface area contributed by atoms with Gasteiger partial charge in [0.05, 0.1) is 5.60 Å². The average Bonchev–Trinajstić information content (AvgIpc) is 2.25. The molecule has 7 heteroatoms. The molecule has 0 aliphatic heterocycles. The van der Waals surface area contributed by atoms with Gasteiger partial charge in [0.1, 0.15) is 6.73 Å². The van der Waals surface area contributed by atoms with Crippen molar-refractivity contribution in [3.63, 3.8) is 0 Å². The van der Waals surface area contributed by atoms with Crippen LogP contribution in [0, 0.1) is 0 Å². The van der Waals surface area contributed by atoms with Gasteiger partial charge < -0.3 is 4.90 Å². The molecular formula is C11H27N2O3PS. The zero-order chi connectivity index (χ0) is 14.2. The first-order valence-corrected chi connectivity index (χ1v) is 9.27. The van der Waals surface area contributed by atoms with Gasteiger partial charge in [-0.2, -0.15) is 0 Å². The first kappa shape index (κ1) is 18.4. The second-order valence-electron chi connectivity index (χ2n) is 4.92. The van der Waals surface area contributed by atoms with Crippen molar-refractivity contribution in [2.75, 3.05) is 40.2 Å². The summed E-state index contributed by atoms with van der Waals surface area (Å²) in [7, 11) is 5.72. The zero-order valence-corrected chi connectivity index (χ0v) is 14.1. The first-order chi connectivity index (χ1) is 8.24. The van der Waals surface area contributed by atoms with Crippen molar-refractivity contribution in [1.82, 2.24) is 10.2 Å².